The van der Waals surface area contributed by atoms with Gasteiger partial charge in [-0.1, -0.05) is 0 Å². The molecule has 0 atom stereocenters. The molecule has 1 aliphatic heterocycles. The summed E-state index contributed by atoms with van der Waals surface area (Å²) in [4.78, 5) is 17.8. The third-order valence-corrected chi connectivity index (χ3v) is 7.53. The Labute approximate surface area is 156 Å². The van der Waals surface area contributed by atoms with Gasteiger partial charge in [0.25, 0.3) is 0 Å². The first-order valence-corrected chi connectivity index (χ1v) is 10.5. The van der Waals surface area contributed by atoms with Crippen LogP contribution in [0.2, 0.25) is 0 Å². The second-order valence-corrected chi connectivity index (χ2v) is 9.28. The number of nitrogens with one attached hydrogen (secondary N) is 1. The molecule has 4 aliphatic carbocycles. The highest BCUT2D eigenvalue weighted by Crippen LogP contribution is 2.56. The lowest BCUT2D eigenvalue weighted by atomic mass is 9.51. The van der Waals surface area contributed by atoms with Crippen molar-refractivity contribution in [1.29, 1.82) is 0 Å². The van der Waals surface area contributed by atoms with Crippen LogP contribution in [-0.2, 0) is 4.79 Å². The van der Waals surface area contributed by atoms with Crippen LogP contribution in [0.3, 0.4) is 0 Å². The molecule has 0 unspecified atom stereocenters. The second kappa shape index (κ2) is 6.56. The van der Waals surface area contributed by atoms with Gasteiger partial charge in [0.05, 0.1) is 0 Å². The van der Waals surface area contributed by atoms with Gasteiger partial charge in [-0.05, 0) is 87.1 Å². The van der Waals surface area contributed by atoms with Crippen molar-refractivity contribution in [2.45, 2.75) is 32.1 Å². The molecular formula is C22H31N3O. The van der Waals surface area contributed by atoms with Crippen LogP contribution < -0.4 is 10.2 Å². The molecule has 0 aromatic heterocycles. The van der Waals surface area contributed by atoms with E-state index in [1.165, 1.54) is 37.8 Å². The summed E-state index contributed by atoms with van der Waals surface area (Å²) in [5, 5.41) is 3.24. The molecule has 1 heterocycles. The first-order chi connectivity index (χ1) is 12.7. The highest BCUT2D eigenvalue weighted by molar-refractivity contribution is 5.93. The molecule has 5 fully saturated rings. The first kappa shape index (κ1) is 16.6. The van der Waals surface area contributed by atoms with E-state index in [9.17, 15) is 4.79 Å². The molecule has 1 aromatic carbocycles. The summed E-state index contributed by atoms with van der Waals surface area (Å²) >= 11 is 0. The van der Waals surface area contributed by atoms with Gasteiger partial charge >= 0.3 is 0 Å². The monoisotopic (exact) mass is 353 g/mol. The Morgan fingerprint density at radius 1 is 0.885 bits per heavy atom. The fourth-order valence-electron chi connectivity index (χ4n) is 6.40. The second-order valence-electron chi connectivity index (χ2n) is 9.28. The summed E-state index contributed by atoms with van der Waals surface area (Å²) in [7, 11) is 2.18. The minimum Gasteiger partial charge on any atom is -0.369 e. The SMILES string of the molecule is CN1CCN(c2ccc(NC(=O)C3C4CC5CC(C4)CC3C5)cc2)CC1. The molecule has 140 valence electrons. The molecule has 5 aliphatic rings. The van der Waals surface area contributed by atoms with Crippen LogP contribution >= 0.6 is 0 Å². The largest absolute Gasteiger partial charge is 0.369 e. The van der Waals surface area contributed by atoms with Crippen LogP contribution in [0, 0.1) is 29.6 Å². The minimum atomic E-state index is 0.264. The number of carbonyl (C=O) groups is 1. The van der Waals surface area contributed by atoms with Crippen LogP contribution in [0.4, 0.5) is 11.4 Å². The molecule has 4 saturated carbocycles. The van der Waals surface area contributed by atoms with Crippen molar-refractivity contribution in [2.75, 3.05) is 43.4 Å². The van der Waals surface area contributed by atoms with Crippen molar-refractivity contribution < 1.29 is 4.79 Å². The van der Waals surface area contributed by atoms with E-state index in [2.05, 4.69) is 46.4 Å². The number of anilines is 2. The normalized spacial score (nSPS) is 36.3. The van der Waals surface area contributed by atoms with Crippen LogP contribution in [0.1, 0.15) is 32.1 Å². The van der Waals surface area contributed by atoms with Crippen LogP contribution in [0.25, 0.3) is 0 Å². The number of piperazine rings is 1. The van der Waals surface area contributed by atoms with Crippen LogP contribution in [0.5, 0.6) is 0 Å². The van der Waals surface area contributed by atoms with E-state index in [4.69, 9.17) is 0 Å². The Morgan fingerprint density at radius 2 is 1.46 bits per heavy atom. The van der Waals surface area contributed by atoms with Gasteiger partial charge in [-0.2, -0.15) is 0 Å². The minimum absolute atomic E-state index is 0.264. The van der Waals surface area contributed by atoms with Gasteiger partial charge in [-0.25, -0.2) is 0 Å². The number of nitrogens with zero attached hydrogens (tertiary/aromatic N) is 2. The predicted octanol–water partition coefficient (Wildman–Crippen LogP) is 3.45. The van der Waals surface area contributed by atoms with Gasteiger partial charge in [-0.3, -0.25) is 4.79 Å². The van der Waals surface area contributed by atoms with Gasteiger partial charge in [0.2, 0.25) is 5.91 Å². The highest BCUT2D eigenvalue weighted by Gasteiger charge is 2.50. The van der Waals surface area contributed by atoms with Gasteiger partial charge in [0, 0.05) is 43.5 Å². The van der Waals surface area contributed by atoms with Gasteiger partial charge < -0.3 is 15.1 Å². The van der Waals surface area contributed by atoms with E-state index in [1.54, 1.807) is 0 Å². The predicted molar refractivity (Wildman–Crippen MR) is 105 cm³/mol. The molecule has 4 bridgehead atoms. The summed E-state index contributed by atoms with van der Waals surface area (Å²) in [5.41, 5.74) is 2.23. The average Bonchev–Trinajstić information content (AvgIpc) is 2.62. The first-order valence-electron chi connectivity index (χ1n) is 10.5. The number of likely N-dealkylation sites (N-methyl/N-ethyl adjacent to an activating group) is 1. The quantitative estimate of drug-likeness (QED) is 0.904. The molecule has 26 heavy (non-hydrogen) atoms. The fourth-order valence-corrected chi connectivity index (χ4v) is 6.40. The summed E-state index contributed by atoms with van der Waals surface area (Å²) in [6.07, 6.45) is 6.64. The smallest absolute Gasteiger partial charge is 0.228 e. The number of hydrogen-bond acceptors (Lipinski definition) is 3. The van der Waals surface area contributed by atoms with E-state index in [-0.39, 0.29) is 11.8 Å². The Morgan fingerprint density at radius 3 is 2.04 bits per heavy atom. The van der Waals surface area contributed by atoms with Crippen molar-refractivity contribution in [1.82, 2.24) is 4.90 Å². The lowest BCUT2D eigenvalue weighted by Gasteiger charge is -2.53. The zero-order valence-corrected chi connectivity index (χ0v) is 15.9. The van der Waals surface area contributed by atoms with Gasteiger partial charge in [0.15, 0.2) is 0 Å². The highest BCUT2D eigenvalue weighted by atomic mass is 16.1. The maximum Gasteiger partial charge on any atom is 0.228 e. The standard InChI is InChI=1S/C22H31N3O/c1-24-6-8-25(9-7-24)20-4-2-19(3-5-20)23-22(26)21-17-11-15-10-16(13-17)14-18(21)12-15/h2-5,15-18,21H,6-14H2,1H3,(H,23,26). The summed E-state index contributed by atoms with van der Waals surface area (Å²) in [5.74, 6) is 3.69. The maximum absolute atomic E-state index is 13.0. The molecule has 1 N–H and O–H groups in total. The molecule has 1 amide bonds. The molecule has 1 aromatic rings. The van der Waals surface area contributed by atoms with Crippen molar-refractivity contribution >= 4 is 17.3 Å². The number of hydrogen-bond donors (Lipinski definition) is 1. The van der Waals surface area contributed by atoms with Crippen LogP contribution in [0.15, 0.2) is 24.3 Å². The zero-order chi connectivity index (χ0) is 17.7. The Bertz CT molecular complexity index is 634. The van der Waals surface area contributed by atoms with E-state index in [1.807, 2.05) is 0 Å². The topological polar surface area (TPSA) is 35.6 Å². The van der Waals surface area contributed by atoms with E-state index in [0.717, 1.165) is 43.7 Å². The Hall–Kier alpha value is -1.55. The fraction of sp³-hybridized carbons (Fsp3) is 0.682. The van der Waals surface area contributed by atoms with Crippen molar-refractivity contribution in [2.24, 2.45) is 29.6 Å². The van der Waals surface area contributed by atoms with Crippen molar-refractivity contribution in [3.63, 3.8) is 0 Å². The number of carbonyl (C=O) groups excluding carboxylic acids is 1. The molecular weight excluding hydrogens is 322 g/mol. The molecule has 0 spiro atoms. The number of amides is 1. The Balaban J connectivity index is 1.23. The lowest BCUT2D eigenvalue weighted by Crippen LogP contribution is -2.49. The van der Waals surface area contributed by atoms with E-state index >= 15 is 0 Å². The number of benzene rings is 1. The van der Waals surface area contributed by atoms with E-state index in [0.29, 0.717) is 11.8 Å². The Kier molecular flexibility index (Phi) is 4.19. The van der Waals surface area contributed by atoms with Gasteiger partial charge in [-0.15, -0.1) is 0 Å². The molecule has 6 rings (SSSR count). The third-order valence-electron chi connectivity index (χ3n) is 7.53. The third kappa shape index (κ3) is 3.02. The summed E-state index contributed by atoms with van der Waals surface area (Å²) in [6, 6.07) is 8.50. The van der Waals surface area contributed by atoms with Gasteiger partial charge in [0.1, 0.15) is 0 Å². The number of rotatable bonds is 3. The van der Waals surface area contributed by atoms with Crippen LogP contribution in [-0.4, -0.2) is 44.0 Å². The maximum atomic E-state index is 13.0. The van der Waals surface area contributed by atoms with Crippen molar-refractivity contribution in [3.05, 3.63) is 24.3 Å². The van der Waals surface area contributed by atoms with E-state index < -0.39 is 0 Å². The van der Waals surface area contributed by atoms with Crippen molar-refractivity contribution in [3.8, 4) is 0 Å². The average molecular weight is 354 g/mol. The summed E-state index contributed by atoms with van der Waals surface area (Å²) < 4.78 is 0. The molecule has 1 saturated heterocycles. The zero-order valence-electron chi connectivity index (χ0n) is 15.9. The summed E-state index contributed by atoms with van der Waals surface area (Å²) in [6.45, 7) is 4.39. The molecule has 4 heteroatoms. The molecule has 4 nitrogen and oxygen atoms in total. The lowest BCUT2D eigenvalue weighted by molar-refractivity contribution is -0.132. The molecule has 0 radical (unpaired) electrons.